The second kappa shape index (κ2) is 7.75. The fourth-order valence-corrected chi connectivity index (χ4v) is 5.32. The van der Waals surface area contributed by atoms with Crippen LogP contribution in [0.15, 0.2) is 29.6 Å². The topological polar surface area (TPSA) is 76.6 Å². The predicted octanol–water partition coefficient (Wildman–Crippen LogP) is 2.22. The summed E-state index contributed by atoms with van der Waals surface area (Å²) in [5.41, 5.74) is 1.86. The Balaban J connectivity index is 1.52. The summed E-state index contributed by atoms with van der Waals surface area (Å²) in [6.07, 6.45) is 0.686. The van der Waals surface area contributed by atoms with Gasteiger partial charge in [-0.25, -0.2) is 13.4 Å². The summed E-state index contributed by atoms with van der Waals surface area (Å²) in [5.74, 6) is 0.892. The van der Waals surface area contributed by atoms with E-state index < -0.39 is 9.84 Å². The maximum absolute atomic E-state index is 12.4. The maximum Gasteiger partial charge on any atom is 0.228 e. The van der Waals surface area contributed by atoms with Crippen LogP contribution >= 0.6 is 11.3 Å². The van der Waals surface area contributed by atoms with E-state index in [0.29, 0.717) is 18.7 Å². The van der Waals surface area contributed by atoms with E-state index in [2.05, 4.69) is 4.98 Å². The molecule has 3 rings (SSSR count). The van der Waals surface area contributed by atoms with Crippen molar-refractivity contribution in [3.63, 3.8) is 0 Å². The van der Waals surface area contributed by atoms with E-state index in [0.717, 1.165) is 10.8 Å². The molecule has 6 nitrogen and oxygen atoms in total. The van der Waals surface area contributed by atoms with E-state index in [-0.39, 0.29) is 29.9 Å². The molecule has 0 unspecified atom stereocenters. The first-order valence-electron chi connectivity index (χ1n) is 8.41. The highest BCUT2D eigenvalue weighted by molar-refractivity contribution is 7.91. The zero-order valence-electron chi connectivity index (χ0n) is 14.8. The molecule has 0 saturated carbocycles. The van der Waals surface area contributed by atoms with Gasteiger partial charge in [0, 0.05) is 18.5 Å². The van der Waals surface area contributed by atoms with Crippen LogP contribution in [0.2, 0.25) is 0 Å². The van der Waals surface area contributed by atoms with Crippen LogP contribution in [-0.4, -0.2) is 48.8 Å². The lowest BCUT2D eigenvalue weighted by molar-refractivity contribution is -0.130. The van der Waals surface area contributed by atoms with Gasteiger partial charge in [-0.15, -0.1) is 11.3 Å². The van der Waals surface area contributed by atoms with E-state index in [4.69, 9.17) is 4.74 Å². The minimum Gasteiger partial charge on any atom is -0.486 e. The van der Waals surface area contributed by atoms with Gasteiger partial charge in [-0.3, -0.25) is 4.79 Å². The lowest BCUT2D eigenvalue weighted by Gasteiger charge is -2.23. The highest BCUT2D eigenvalue weighted by atomic mass is 32.2. The number of nitrogens with zero attached hydrogens (tertiary/aromatic N) is 2. The first kappa shape index (κ1) is 18.8. The third-order valence-electron chi connectivity index (χ3n) is 4.46. The zero-order chi connectivity index (χ0) is 18.7. The predicted molar refractivity (Wildman–Crippen MR) is 101 cm³/mol. The summed E-state index contributed by atoms with van der Waals surface area (Å²) in [7, 11) is -1.33. The first-order valence-corrected chi connectivity index (χ1v) is 11.1. The standard InChI is InChI=1S/C18H22N2O4S2/c1-13-3-5-16(6-4-13)24-10-17-19-14(11-25-17)9-18(21)20(2)15-7-8-26(22,23)12-15/h3-6,11,15H,7-10,12H2,1-2H3/t15-/m1/s1. The van der Waals surface area contributed by atoms with Crippen molar-refractivity contribution in [2.75, 3.05) is 18.6 Å². The number of carbonyl (C=O) groups is 1. The van der Waals surface area contributed by atoms with Gasteiger partial charge in [-0.2, -0.15) is 0 Å². The van der Waals surface area contributed by atoms with E-state index in [1.54, 1.807) is 11.9 Å². The minimum absolute atomic E-state index is 0.0575. The summed E-state index contributed by atoms with van der Waals surface area (Å²) in [4.78, 5) is 18.4. The molecule has 1 fully saturated rings. The molecule has 0 N–H and O–H groups in total. The molecular formula is C18H22N2O4S2. The van der Waals surface area contributed by atoms with Crippen LogP contribution in [-0.2, 0) is 27.7 Å². The van der Waals surface area contributed by atoms with E-state index in [1.165, 1.54) is 16.9 Å². The van der Waals surface area contributed by atoms with E-state index in [1.807, 2.05) is 36.6 Å². The van der Waals surface area contributed by atoms with Gasteiger partial charge in [0.2, 0.25) is 5.91 Å². The van der Waals surface area contributed by atoms with Crippen molar-refractivity contribution in [1.29, 1.82) is 0 Å². The lowest BCUT2D eigenvalue weighted by Crippen LogP contribution is -2.38. The van der Waals surface area contributed by atoms with Gasteiger partial charge in [-0.05, 0) is 25.5 Å². The number of amides is 1. The third kappa shape index (κ3) is 4.82. The van der Waals surface area contributed by atoms with Crippen molar-refractivity contribution < 1.29 is 17.9 Å². The molecule has 1 aromatic carbocycles. The summed E-state index contributed by atoms with van der Waals surface area (Å²) in [6, 6.07) is 7.58. The van der Waals surface area contributed by atoms with Gasteiger partial charge in [-0.1, -0.05) is 17.7 Å². The second-order valence-corrected chi connectivity index (χ2v) is 9.74. The first-order chi connectivity index (χ1) is 12.3. The molecular weight excluding hydrogens is 372 g/mol. The molecule has 1 aliphatic rings. The van der Waals surface area contributed by atoms with Crippen molar-refractivity contribution in [2.45, 2.75) is 32.4 Å². The van der Waals surface area contributed by atoms with Gasteiger partial charge >= 0.3 is 0 Å². The number of aryl methyl sites for hydroxylation is 1. The number of likely N-dealkylation sites (N-methyl/N-ethyl adjacent to an activating group) is 1. The normalized spacial score (nSPS) is 18.6. The molecule has 2 aromatic rings. The Labute approximate surface area is 157 Å². The molecule has 0 bridgehead atoms. The summed E-state index contributed by atoms with van der Waals surface area (Å²) in [5, 5.41) is 2.66. The summed E-state index contributed by atoms with van der Waals surface area (Å²) >= 11 is 1.45. The van der Waals surface area contributed by atoms with Crippen molar-refractivity contribution in [3.8, 4) is 5.75 Å². The van der Waals surface area contributed by atoms with Crippen LogP contribution in [0.3, 0.4) is 0 Å². The Bertz CT molecular complexity index is 875. The van der Waals surface area contributed by atoms with Crippen LogP contribution in [0.4, 0.5) is 0 Å². The number of carbonyl (C=O) groups excluding carboxylic acids is 1. The van der Waals surface area contributed by atoms with Crippen LogP contribution < -0.4 is 4.74 Å². The molecule has 2 heterocycles. The minimum atomic E-state index is -3.00. The molecule has 1 saturated heterocycles. The van der Waals surface area contributed by atoms with E-state index >= 15 is 0 Å². The largest absolute Gasteiger partial charge is 0.486 e. The van der Waals surface area contributed by atoms with Gasteiger partial charge in [0.25, 0.3) is 0 Å². The van der Waals surface area contributed by atoms with Crippen LogP contribution in [0.5, 0.6) is 5.75 Å². The number of hydrogen-bond donors (Lipinski definition) is 0. The number of rotatable bonds is 6. The molecule has 1 aromatic heterocycles. The van der Waals surface area contributed by atoms with Gasteiger partial charge in [0.05, 0.1) is 23.6 Å². The molecule has 1 amide bonds. The Morgan fingerprint density at radius 2 is 2.08 bits per heavy atom. The molecule has 0 spiro atoms. The quantitative estimate of drug-likeness (QED) is 0.751. The van der Waals surface area contributed by atoms with Crippen LogP contribution in [0.25, 0.3) is 0 Å². The van der Waals surface area contributed by atoms with Gasteiger partial charge in [0.15, 0.2) is 9.84 Å². The van der Waals surface area contributed by atoms with Crippen LogP contribution in [0, 0.1) is 6.92 Å². The lowest BCUT2D eigenvalue weighted by atomic mass is 10.2. The fraction of sp³-hybridized carbons (Fsp3) is 0.444. The van der Waals surface area contributed by atoms with Crippen molar-refractivity contribution in [2.24, 2.45) is 0 Å². The molecule has 26 heavy (non-hydrogen) atoms. The van der Waals surface area contributed by atoms with Gasteiger partial charge in [0.1, 0.15) is 17.4 Å². The molecule has 0 aliphatic carbocycles. The number of ether oxygens (including phenoxy) is 1. The fourth-order valence-electron chi connectivity index (χ4n) is 2.84. The Hall–Kier alpha value is -1.93. The maximum atomic E-state index is 12.4. The molecule has 1 aliphatic heterocycles. The van der Waals surface area contributed by atoms with Crippen molar-refractivity contribution in [3.05, 3.63) is 45.9 Å². The zero-order valence-corrected chi connectivity index (χ0v) is 16.5. The van der Waals surface area contributed by atoms with Crippen molar-refractivity contribution >= 4 is 27.1 Å². The third-order valence-corrected chi connectivity index (χ3v) is 7.09. The summed E-state index contributed by atoms with van der Waals surface area (Å²) < 4.78 is 28.9. The molecule has 140 valence electrons. The van der Waals surface area contributed by atoms with Gasteiger partial charge < -0.3 is 9.64 Å². The smallest absolute Gasteiger partial charge is 0.228 e. The monoisotopic (exact) mass is 394 g/mol. The molecule has 0 radical (unpaired) electrons. The Kier molecular flexibility index (Phi) is 5.62. The average Bonchev–Trinajstić information content (AvgIpc) is 3.19. The molecule has 1 atom stereocenters. The highest BCUT2D eigenvalue weighted by Crippen LogP contribution is 2.19. The molecule has 8 heteroatoms. The number of hydrogen-bond acceptors (Lipinski definition) is 6. The highest BCUT2D eigenvalue weighted by Gasteiger charge is 2.32. The second-order valence-electron chi connectivity index (χ2n) is 6.57. The average molecular weight is 395 g/mol. The number of sulfone groups is 1. The Morgan fingerprint density at radius 3 is 2.73 bits per heavy atom. The Morgan fingerprint density at radius 1 is 1.35 bits per heavy atom. The van der Waals surface area contributed by atoms with E-state index in [9.17, 15) is 13.2 Å². The number of benzene rings is 1. The number of thiazole rings is 1. The summed E-state index contributed by atoms with van der Waals surface area (Å²) in [6.45, 7) is 2.38. The van der Waals surface area contributed by atoms with Crippen molar-refractivity contribution in [1.82, 2.24) is 9.88 Å². The van der Waals surface area contributed by atoms with Crippen LogP contribution in [0.1, 0.15) is 22.7 Å². The number of aromatic nitrogens is 1. The SMILES string of the molecule is Cc1ccc(OCc2nc(CC(=O)N(C)[C@@H]3CCS(=O)(=O)C3)cs2)cc1.